The Morgan fingerprint density at radius 3 is 2.62 bits per heavy atom. The zero-order valence-electron chi connectivity index (χ0n) is 13.5. The first kappa shape index (κ1) is 16.9. The predicted molar refractivity (Wildman–Crippen MR) is 83.9 cm³/mol. The van der Waals surface area contributed by atoms with Gasteiger partial charge in [0.2, 0.25) is 5.91 Å². The molecule has 0 unspecified atom stereocenters. The summed E-state index contributed by atoms with van der Waals surface area (Å²) in [5.41, 5.74) is 0. The molecule has 2 aliphatic heterocycles. The molecule has 3 rings (SSSR count). The Morgan fingerprint density at radius 1 is 1.21 bits per heavy atom. The molecular formula is C16H23N3O5. The van der Waals surface area contributed by atoms with E-state index in [9.17, 15) is 9.59 Å². The van der Waals surface area contributed by atoms with Gasteiger partial charge in [-0.2, -0.15) is 0 Å². The highest BCUT2D eigenvalue weighted by Gasteiger charge is 2.30. The molecular weight excluding hydrogens is 314 g/mol. The van der Waals surface area contributed by atoms with Crippen LogP contribution in [0.4, 0.5) is 4.79 Å². The molecule has 1 aromatic heterocycles. The second kappa shape index (κ2) is 8.27. The van der Waals surface area contributed by atoms with Crippen molar-refractivity contribution in [3.63, 3.8) is 0 Å². The minimum atomic E-state index is -0.515. The van der Waals surface area contributed by atoms with Crippen LogP contribution in [0.15, 0.2) is 22.8 Å². The summed E-state index contributed by atoms with van der Waals surface area (Å²) in [4.78, 5) is 25.7. The number of nitrogens with one attached hydrogen (secondary N) is 2. The SMILES string of the molecule is O=C(CN1CCC(C2OCCO2)CC1)NC(=O)NCc1ccco1. The molecule has 2 saturated heterocycles. The summed E-state index contributed by atoms with van der Waals surface area (Å²) in [5, 5.41) is 4.92. The molecule has 3 amide bonds. The molecule has 2 fully saturated rings. The van der Waals surface area contributed by atoms with Crippen molar-refractivity contribution >= 4 is 11.9 Å². The first-order valence-electron chi connectivity index (χ1n) is 8.26. The predicted octanol–water partition coefficient (Wildman–Crippen LogP) is 0.690. The second-order valence-corrected chi connectivity index (χ2v) is 6.03. The highest BCUT2D eigenvalue weighted by molar-refractivity contribution is 5.95. The molecule has 0 radical (unpaired) electrons. The molecule has 0 spiro atoms. The van der Waals surface area contributed by atoms with Crippen molar-refractivity contribution in [2.75, 3.05) is 32.8 Å². The number of nitrogens with zero attached hydrogens (tertiary/aromatic N) is 1. The van der Waals surface area contributed by atoms with Gasteiger partial charge >= 0.3 is 6.03 Å². The maximum Gasteiger partial charge on any atom is 0.321 e. The molecule has 0 atom stereocenters. The molecule has 0 bridgehead atoms. The Morgan fingerprint density at radius 2 is 1.96 bits per heavy atom. The van der Waals surface area contributed by atoms with Crippen molar-refractivity contribution in [1.29, 1.82) is 0 Å². The monoisotopic (exact) mass is 337 g/mol. The zero-order chi connectivity index (χ0) is 16.8. The van der Waals surface area contributed by atoms with Gasteiger partial charge < -0.3 is 19.2 Å². The Kier molecular flexibility index (Phi) is 5.84. The molecule has 2 N–H and O–H groups in total. The van der Waals surface area contributed by atoms with Crippen molar-refractivity contribution in [1.82, 2.24) is 15.5 Å². The minimum absolute atomic E-state index is 0.0895. The molecule has 8 nitrogen and oxygen atoms in total. The van der Waals surface area contributed by atoms with Gasteiger partial charge in [0.05, 0.1) is 32.6 Å². The highest BCUT2D eigenvalue weighted by Crippen LogP contribution is 2.25. The fraction of sp³-hybridized carbons (Fsp3) is 0.625. The van der Waals surface area contributed by atoms with Crippen molar-refractivity contribution in [2.45, 2.75) is 25.7 Å². The lowest BCUT2D eigenvalue weighted by molar-refractivity contribution is -0.122. The summed E-state index contributed by atoms with van der Waals surface area (Å²) in [6.07, 6.45) is 3.31. The van der Waals surface area contributed by atoms with E-state index in [-0.39, 0.29) is 25.3 Å². The van der Waals surface area contributed by atoms with E-state index in [1.165, 1.54) is 6.26 Å². The van der Waals surface area contributed by atoms with Gasteiger partial charge in [0.1, 0.15) is 5.76 Å². The lowest BCUT2D eigenvalue weighted by Gasteiger charge is -2.33. The average Bonchev–Trinajstić information content (AvgIpc) is 3.27. The van der Waals surface area contributed by atoms with E-state index in [2.05, 4.69) is 10.6 Å². The van der Waals surface area contributed by atoms with Gasteiger partial charge in [-0.25, -0.2) is 4.79 Å². The second-order valence-electron chi connectivity index (χ2n) is 6.03. The molecule has 24 heavy (non-hydrogen) atoms. The number of hydrogen-bond acceptors (Lipinski definition) is 6. The van der Waals surface area contributed by atoms with Gasteiger partial charge in [-0.3, -0.25) is 15.0 Å². The van der Waals surface area contributed by atoms with Gasteiger partial charge in [-0.15, -0.1) is 0 Å². The molecule has 0 saturated carbocycles. The topological polar surface area (TPSA) is 93.0 Å². The van der Waals surface area contributed by atoms with Crippen molar-refractivity contribution < 1.29 is 23.5 Å². The largest absolute Gasteiger partial charge is 0.467 e. The first-order chi connectivity index (χ1) is 11.7. The smallest absolute Gasteiger partial charge is 0.321 e. The van der Waals surface area contributed by atoms with Crippen LogP contribution >= 0.6 is 0 Å². The number of ether oxygens (including phenoxy) is 2. The van der Waals surface area contributed by atoms with Gasteiger partial charge in [-0.1, -0.05) is 0 Å². The van der Waals surface area contributed by atoms with Crippen LogP contribution in [-0.4, -0.2) is 56.0 Å². The number of imide groups is 1. The fourth-order valence-electron chi connectivity index (χ4n) is 3.03. The van der Waals surface area contributed by atoms with E-state index in [1.807, 2.05) is 4.90 Å². The number of hydrogen-bond donors (Lipinski definition) is 2. The number of piperidine rings is 1. The standard InChI is InChI=1S/C16H23N3O5/c20-14(18-16(21)17-10-13-2-1-7-22-13)11-19-5-3-12(4-6-19)15-23-8-9-24-15/h1-2,7,12,15H,3-6,8-11H2,(H2,17,18,20,21). The maximum atomic E-state index is 11.9. The van der Waals surface area contributed by atoms with Gasteiger partial charge in [0, 0.05) is 5.92 Å². The van der Waals surface area contributed by atoms with E-state index in [4.69, 9.17) is 13.9 Å². The van der Waals surface area contributed by atoms with Crippen LogP contribution in [0, 0.1) is 5.92 Å². The molecule has 8 heteroatoms. The van der Waals surface area contributed by atoms with Crippen molar-refractivity contribution in [3.05, 3.63) is 24.2 Å². The van der Waals surface area contributed by atoms with Crippen LogP contribution in [0.5, 0.6) is 0 Å². The normalized spacial score (nSPS) is 20.2. The number of carbonyl (C=O) groups excluding carboxylic acids is 2. The molecule has 0 aliphatic carbocycles. The third-order valence-electron chi connectivity index (χ3n) is 4.29. The third-order valence-corrected chi connectivity index (χ3v) is 4.29. The molecule has 3 heterocycles. The van der Waals surface area contributed by atoms with Gasteiger partial charge in [-0.05, 0) is 38.1 Å². The van der Waals surface area contributed by atoms with E-state index in [0.717, 1.165) is 25.9 Å². The van der Waals surface area contributed by atoms with Crippen LogP contribution in [0.1, 0.15) is 18.6 Å². The Labute approximate surface area is 140 Å². The summed E-state index contributed by atoms with van der Waals surface area (Å²) < 4.78 is 16.2. The number of rotatable bonds is 5. The quantitative estimate of drug-likeness (QED) is 0.821. The number of likely N-dealkylation sites (tertiary alicyclic amines) is 1. The average molecular weight is 337 g/mol. The van der Waals surface area contributed by atoms with Crippen LogP contribution in [-0.2, 0) is 20.8 Å². The molecule has 2 aliphatic rings. The van der Waals surface area contributed by atoms with Gasteiger partial charge in [0.15, 0.2) is 6.29 Å². The van der Waals surface area contributed by atoms with Crippen molar-refractivity contribution in [2.24, 2.45) is 5.92 Å². The lowest BCUT2D eigenvalue weighted by atomic mass is 9.96. The van der Waals surface area contributed by atoms with Crippen molar-refractivity contribution in [3.8, 4) is 0 Å². The highest BCUT2D eigenvalue weighted by atomic mass is 16.7. The first-order valence-corrected chi connectivity index (χ1v) is 8.26. The summed E-state index contributed by atoms with van der Waals surface area (Å²) in [5.74, 6) is 0.721. The number of urea groups is 1. The summed E-state index contributed by atoms with van der Waals surface area (Å²) >= 11 is 0. The minimum Gasteiger partial charge on any atom is -0.467 e. The number of furan rings is 1. The van der Waals surface area contributed by atoms with E-state index < -0.39 is 6.03 Å². The molecule has 132 valence electrons. The van der Waals surface area contributed by atoms with E-state index in [1.54, 1.807) is 12.1 Å². The van der Waals surface area contributed by atoms with E-state index in [0.29, 0.717) is 24.9 Å². The Balaban J connectivity index is 1.32. The lowest BCUT2D eigenvalue weighted by Crippen LogP contribution is -2.47. The van der Waals surface area contributed by atoms with E-state index >= 15 is 0 Å². The molecule has 1 aromatic rings. The summed E-state index contributed by atoms with van der Waals surface area (Å²) in [6, 6.07) is 2.98. The van der Waals surface area contributed by atoms with Gasteiger partial charge in [0.25, 0.3) is 0 Å². The number of carbonyl (C=O) groups is 2. The summed E-state index contributed by atoms with van der Waals surface area (Å²) in [6.45, 7) is 3.40. The summed E-state index contributed by atoms with van der Waals surface area (Å²) in [7, 11) is 0. The third kappa shape index (κ3) is 4.80. The zero-order valence-corrected chi connectivity index (χ0v) is 13.5. The maximum absolute atomic E-state index is 11.9. The Bertz CT molecular complexity index is 534. The fourth-order valence-corrected chi connectivity index (χ4v) is 3.03. The van der Waals surface area contributed by atoms with Crippen LogP contribution in [0.2, 0.25) is 0 Å². The van der Waals surface area contributed by atoms with Crippen LogP contribution in [0.25, 0.3) is 0 Å². The molecule has 0 aromatic carbocycles. The van der Waals surface area contributed by atoms with Crippen LogP contribution in [0.3, 0.4) is 0 Å². The number of amides is 3. The van der Waals surface area contributed by atoms with Crippen LogP contribution < -0.4 is 10.6 Å². The Hall–Kier alpha value is -1.90.